The van der Waals surface area contributed by atoms with Gasteiger partial charge < -0.3 is 5.11 Å². The second-order valence-corrected chi connectivity index (χ2v) is 4.24. The van der Waals surface area contributed by atoms with Crippen molar-refractivity contribution in [3.8, 4) is 0 Å². The SMILES string of the molecule is O=C(O)CSc1n[nH]c(=O)n1Cc1cccnn1. The van der Waals surface area contributed by atoms with Crippen LogP contribution in [-0.4, -0.2) is 41.8 Å². The Morgan fingerprint density at radius 2 is 2.39 bits per heavy atom. The standard InChI is InChI=1S/C9H9N5O3S/c15-7(16)5-18-9-13-12-8(17)14(9)4-6-2-1-3-10-11-6/h1-3H,4-5H2,(H,12,17)(H,15,16). The number of thioether (sulfide) groups is 1. The minimum Gasteiger partial charge on any atom is -0.481 e. The van der Waals surface area contributed by atoms with Crippen LogP contribution >= 0.6 is 11.8 Å². The summed E-state index contributed by atoms with van der Waals surface area (Å²) in [5.74, 6) is -1.13. The van der Waals surface area contributed by atoms with Crippen LogP contribution in [0.15, 0.2) is 28.3 Å². The third-order valence-electron chi connectivity index (χ3n) is 2.00. The van der Waals surface area contributed by atoms with Gasteiger partial charge in [0.2, 0.25) is 0 Å². The van der Waals surface area contributed by atoms with E-state index >= 15 is 0 Å². The topological polar surface area (TPSA) is 114 Å². The van der Waals surface area contributed by atoms with Gasteiger partial charge in [0.05, 0.1) is 18.0 Å². The van der Waals surface area contributed by atoms with E-state index in [9.17, 15) is 9.59 Å². The summed E-state index contributed by atoms with van der Waals surface area (Å²) in [6.07, 6.45) is 1.53. The lowest BCUT2D eigenvalue weighted by atomic mass is 10.4. The highest BCUT2D eigenvalue weighted by atomic mass is 32.2. The summed E-state index contributed by atoms with van der Waals surface area (Å²) in [5, 5.41) is 22.5. The maximum Gasteiger partial charge on any atom is 0.344 e. The Bertz CT molecular complexity index is 594. The van der Waals surface area contributed by atoms with Gasteiger partial charge in [-0.1, -0.05) is 11.8 Å². The second kappa shape index (κ2) is 5.45. The van der Waals surface area contributed by atoms with E-state index in [-0.39, 0.29) is 12.3 Å². The molecule has 0 unspecified atom stereocenters. The monoisotopic (exact) mass is 267 g/mol. The van der Waals surface area contributed by atoms with Gasteiger partial charge in [-0.05, 0) is 12.1 Å². The molecule has 2 N–H and O–H groups in total. The molecule has 2 heterocycles. The molecule has 0 amide bonds. The minimum atomic E-state index is -0.971. The molecule has 9 heteroatoms. The molecular formula is C9H9N5O3S. The summed E-state index contributed by atoms with van der Waals surface area (Å²) >= 11 is 0.968. The number of hydrogen-bond acceptors (Lipinski definition) is 6. The second-order valence-electron chi connectivity index (χ2n) is 3.29. The van der Waals surface area contributed by atoms with Crippen molar-refractivity contribution in [3.63, 3.8) is 0 Å². The largest absolute Gasteiger partial charge is 0.481 e. The van der Waals surface area contributed by atoms with Crippen molar-refractivity contribution in [3.05, 3.63) is 34.5 Å². The summed E-state index contributed by atoms with van der Waals surface area (Å²) in [7, 11) is 0. The van der Waals surface area contributed by atoms with Crippen molar-refractivity contribution < 1.29 is 9.90 Å². The number of carboxylic acids is 1. The first-order chi connectivity index (χ1) is 8.66. The van der Waals surface area contributed by atoms with E-state index in [1.165, 1.54) is 10.8 Å². The first-order valence-corrected chi connectivity index (χ1v) is 5.92. The third kappa shape index (κ3) is 2.94. The van der Waals surface area contributed by atoms with Gasteiger partial charge in [0.1, 0.15) is 0 Å². The molecule has 2 aromatic rings. The number of aromatic amines is 1. The highest BCUT2D eigenvalue weighted by Crippen LogP contribution is 2.13. The van der Waals surface area contributed by atoms with Crippen LogP contribution in [0.4, 0.5) is 0 Å². The predicted octanol–water partition coefficient (Wildman–Crippen LogP) is -0.414. The van der Waals surface area contributed by atoms with E-state index in [1.54, 1.807) is 12.1 Å². The van der Waals surface area contributed by atoms with Crippen LogP contribution < -0.4 is 5.69 Å². The number of hydrogen-bond donors (Lipinski definition) is 2. The van der Waals surface area contributed by atoms with Gasteiger partial charge >= 0.3 is 11.7 Å². The fourth-order valence-corrected chi connectivity index (χ4v) is 1.92. The lowest BCUT2D eigenvalue weighted by Crippen LogP contribution is -2.19. The van der Waals surface area contributed by atoms with Gasteiger partial charge in [-0.2, -0.15) is 10.2 Å². The molecular weight excluding hydrogens is 258 g/mol. The zero-order valence-corrected chi connectivity index (χ0v) is 9.92. The van der Waals surface area contributed by atoms with Crippen LogP contribution in [0, 0.1) is 0 Å². The Balaban J connectivity index is 2.19. The summed E-state index contributed by atoms with van der Waals surface area (Å²) in [6, 6.07) is 3.43. The number of H-pyrrole nitrogens is 1. The number of carboxylic acid groups (broad SMARTS) is 1. The van der Waals surface area contributed by atoms with Crippen molar-refractivity contribution in [1.29, 1.82) is 0 Å². The molecule has 0 atom stereocenters. The molecule has 0 aliphatic carbocycles. The number of nitrogens with one attached hydrogen (secondary N) is 1. The van der Waals surface area contributed by atoms with Crippen molar-refractivity contribution in [1.82, 2.24) is 25.0 Å². The first-order valence-electron chi connectivity index (χ1n) is 4.93. The van der Waals surface area contributed by atoms with Gasteiger partial charge in [-0.25, -0.2) is 9.89 Å². The average molecular weight is 267 g/mol. The Labute approximate surface area is 105 Å². The molecule has 18 heavy (non-hydrogen) atoms. The lowest BCUT2D eigenvalue weighted by molar-refractivity contribution is -0.133. The van der Waals surface area contributed by atoms with Crippen molar-refractivity contribution in [2.45, 2.75) is 11.7 Å². The van der Waals surface area contributed by atoms with E-state index in [0.717, 1.165) is 11.8 Å². The molecule has 2 aromatic heterocycles. The molecule has 0 fully saturated rings. The van der Waals surface area contributed by atoms with Gasteiger partial charge in [0.15, 0.2) is 5.16 Å². The van der Waals surface area contributed by atoms with Crippen LogP contribution in [0.1, 0.15) is 5.69 Å². The predicted molar refractivity (Wildman–Crippen MR) is 62.3 cm³/mol. The van der Waals surface area contributed by atoms with Gasteiger partial charge in [-0.3, -0.25) is 9.36 Å². The van der Waals surface area contributed by atoms with Gasteiger partial charge in [0, 0.05) is 6.20 Å². The van der Waals surface area contributed by atoms with E-state index < -0.39 is 11.7 Å². The van der Waals surface area contributed by atoms with Gasteiger partial charge in [0.25, 0.3) is 0 Å². The number of rotatable bonds is 5. The van der Waals surface area contributed by atoms with Crippen LogP contribution in [0.2, 0.25) is 0 Å². The van der Waals surface area contributed by atoms with E-state index in [4.69, 9.17) is 5.11 Å². The molecule has 8 nitrogen and oxygen atoms in total. The number of aromatic nitrogens is 5. The van der Waals surface area contributed by atoms with E-state index in [1.807, 2.05) is 0 Å². The minimum absolute atomic E-state index is 0.162. The summed E-state index contributed by atoms with van der Waals surface area (Å²) in [4.78, 5) is 22.0. The van der Waals surface area contributed by atoms with Crippen molar-refractivity contribution in [2.24, 2.45) is 0 Å². The molecule has 0 aromatic carbocycles. The Kier molecular flexibility index (Phi) is 3.72. The lowest BCUT2D eigenvalue weighted by Gasteiger charge is -2.02. The quantitative estimate of drug-likeness (QED) is 0.707. The van der Waals surface area contributed by atoms with Crippen LogP contribution in [0.5, 0.6) is 0 Å². The number of aliphatic carboxylic acids is 1. The highest BCUT2D eigenvalue weighted by molar-refractivity contribution is 7.99. The zero-order valence-electron chi connectivity index (χ0n) is 9.11. The molecule has 0 bridgehead atoms. The zero-order chi connectivity index (χ0) is 13.0. The maximum atomic E-state index is 11.5. The average Bonchev–Trinajstić information content (AvgIpc) is 2.70. The smallest absolute Gasteiger partial charge is 0.344 e. The molecule has 0 saturated heterocycles. The van der Waals surface area contributed by atoms with Crippen LogP contribution in [-0.2, 0) is 11.3 Å². The highest BCUT2D eigenvalue weighted by Gasteiger charge is 2.11. The Morgan fingerprint density at radius 1 is 1.56 bits per heavy atom. The molecule has 2 rings (SSSR count). The third-order valence-corrected chi connectivity index (χ3v) is 2.96. The molecule has 0 spiro atoms. The summed E-state index contributed by atoms with van der Waals surface area (Å²) in [5.41, 5.74) is 0.187. The molecule has 0 aliphatic rings. The number of nitrogens with zero attached hydrogens (tertiary/aromatic N) is 4. The van der Waals surface area contributed by atoms with Crippen molar-refractivity contribution in [2.75, 3.05) is 5.75 Å². The Hall–Kier alpha value is -2.16. The molecule has 0 radical (unpaired) electrons. The van der Waals surface area contributed by atoms with Crippen molar-refractivity contribution >= 4 is 17.7 Å². The van der Waals surface area contributed by atoms with Crippen LogP contribution in [0.25, 0.3) is 0 Å². The van der Waals surface area contributed by atoms with E-state index in [2.05, 4.69) is 20.4 Å². The Morgan fingerprint density at radius 3 is 3.06 bits per heavy atom. The molecule has 94 valence electrons. The first kappa shape index (κ1) is 12.3. The normalized spacial score (nSPS) is 10.4. The van der Waals surface area contributed by atoms with E-state index in [0.29, 0.717) is 10.9 Å². The maximum absolute atomic E-state index is 11.5. The fraction of sp³-hybridized carbons (Fsp3) is 0.222. The van der Waals surface area contributed by atoms with Gasteiger partial charge in [-0.15, -0.1) is 5.10 Å². The fourth-order valence-electron chi connectivity index (χ4n) is 1.26. The summed E-state index contributed by atoms with van der Waals surface area (Å²) < 4.78 is 1.32. The summed E-state index contributed by atoms with van der Waals surface area (Å²) in [6.45, 7) is 0.200. The molecule has 0 saturated carbocycles. The molecule has 0 aliphatic heterocycles. The number of carbonyl (C=O) groups is 1. The van der Waals surface area contributed by atoms with Crippen LogP contribution in [0.3, 0.4) is 0 Å².